The summed E-state index contributed by atoms with van der Waals surface area (Å²) >= 11 is 6.31. The summed E-state index contributed by atoms with van der Waals surface area (Å²) in [6.07, 6.45) is 3.68. The summed E-state index contributed by atoms with van der Waals surface area (Å²) in [5, 5.41) is 7.58. The van der Waals surface area contributed by atoms with E-state index >= 15 is 0 Å². The Labute approximate surface area is 182 Å². The van der Waals surface area contributed by atoms with Crippen molar-refractivity contribution in [2.45, 2.75) is 32.4 Å². The Morgan fingerprint density at radius 3 is 2.97 bits per heavy atom. The molecule has 2 aliphatic heterocycles. The Kier molecular flexibility index (Phi) is 6.79. The van der Waals surface area contributed by atoms with Gasteiger partial charge in [0, 0.05) is 38.3 Å². The zero-order chi connectivity index (χ0) is 20.8. The summed E-state index contributed by atoms with van der Waals surface area (Å²) in [5.41, 5.74) is 1.09. The van der Waals surface area contributed by atoms with Crippen molar-refractivity contribution in [3.05, 3.63) is 47.1 Å². The van der Waals surface area contributed by atoms with Crippen LogP contribution in [0.1, 0.15) is 25.3 Å². The lowest BCUT2D eigenvalue weighted by Gasteiger charge is -2.20. The maximum atomic E-state index is 6.31. The molecule has 0 aliphatic carbocycles. The summed E-state index contributed by atoms with van der Waals surface area (Å²) in [5.74, 6) is 3.27. The Bertz CT molecular complexity index is 892. The van der Waals surface area contributed by atoms with Gasteiger partial charge in [-0.25, -0.2) is 9.98 Å². The highest BCUT2D eigenvalue weighted by molar-refractivity contribution is 6.32. The number of hydrogen-bond acceptors (Lipinski definition) is 5. The van der Waals surface area contributed by atoms with Gasteiger partial charge < -0.3 is 25.0 Å². The molecule has 1 atom stereocenters. The summed E-state index contributed by atoms with van der Waals surface area (Å²) in [4.78, 5) is 11.4. The van der Waals surface area contributed by atoms with Crippen LogP contribution in [0.4, 0.5) is 5.82 Å². The highest BCUT2D eigenvalue weighted by Gasteiger charge is 2.25. The number of nitrogens with zero attached hydrogens (tertiary/aromatic N) is 3. The van der Waals surface area contributed by atoms with Gasteiger partial charge in [-0.15, -0.1) is 0 Å². The van der Waals surface area contributed by atoms with Gasteiger partial charge >= 0.3 is 0 Å². The Morgan fingerprint density at radius 1 is 1.27 bits per heavy atom. The molecule has 3 heterocycles. The third kappa shape index (κ3) is 5.08. The minimum Gasteiger partial charge on any atom is -0.490 e. The Hall–Kier alpha value is -2.67. The van der Waals surface area contributed by atoms with E-state index in [4.69, 9.17) is 26.1 Å². The van der Waals surface area contributed by atoms with Crippen molar-refractivity contribution in [1.29, 1.82) is 0 Å². The number of aromatic nitrogens is 1. The molecule has 0 spiro atoms. The Morgan fingerprint density at radius 2 is 2.13 bits per heavy atom. The first-order chi connectivity index (χ1) is 14.7. The molecule has 1 fully saturated rings. The molecule has 0 bridgehead atoms. The van der Waals surface area contributed by atoms with Crippen molar-refractivity contribution in [1.82, 2.24) is 15.6 Å². The van der Waals surface area contributed by atoms with Gasteiger partial charge in [-0.3, -0.25) is 0 Å². The molecule has 1 aromatic carbocycles. The van der Waals surface area contributed by atoms with E-state index in [1.165, 1.54) is 0 Å². The quantitative estimate of drug-likeness (QED) is 0.561. The molecule has 30 heavy (non-hydrogen) atoms. The lowest BCUT2D eigenvalue weighted by atomic mass is 10.2. The fourth-order valence-electron chi connectivity index (χ4n) is 3.67. The molecule has 0 radical (unpaired) electrons. The van der Waals surface area contributed by atoms with Crippen molar-refractivity contribution < 1.29 is 9.47 Å². The van der Waals surface area contributed by atoms with Crippen LogP contribution in [0, 0.1) is 0 Å². The number of ether oxygens (including phenoxy) is 2. The number of aliphatic imine (C=N–C) groups is 1. The average molecular weight is 430 g/mol. The average Bonchev–Trinajstić information content (AvgIpc) is 3.08. The highest BCUT2D eigenvalue weighted by Crippen LogP contribution is 2.30. The number of pyridine rings is 1. The maximum Gasteiger partial charge on any atom is 0.191 e. The molecular formula is C22H28ClN5O2. The first-order valence-corrected chi connectivity index (χ1v) is 10.9. The molecule has 2 aromatic rings. The fraction of sp³-hybridized carbons (Fsp3) is 0.455. The van der Waals surface area contributed by atoms with Crippen LogP contribution < -0.4 is 25.0 Å². The van der Waals surface area contributed by atoms with E-state index in [1.807, 2.05) is 30.3 Å². The molecule has 2 N–H and O–H groups in total. The van der Waals surface area contributed by atoms with E-state index in [0.29, 0.717) is 24.8 Å². The molecule has 4 rings (SSSR count). The van der Waals surface area contributed by atoms with Crippen LogP contribution in [-0.4, -0.2) is 49.8 Å². The van der Waals surface area contributed by atoms with E-state index in [9.17, 15) is 0 Å². The van der Waals surface area contributed by atoms with Gasteiger partial charge in [0.2, 0.25) is 0 Å². The van der Waals surface area contributed by atoms with Crippen molar-refractivity contribution in [2.75, 3.05) is 37.7 Å². The van der Waals surface area contributed by atoms with Crippen molar-refractivity contribution in [3.8, 4) is 11.5 Å². The van der Waals surface area contributed by atoms with Crippen LogP contribution in [0.5, 0.6) is 11.5 Å². The van der Waals surface area contributed by atoms with Crippen LogP contribution in [0.25, 0.3) is 0 Å². The van der Waals surface area contributed by atoms with Crippen molar-refractivity contribution in [2.24, 2.45) is 4.99 Å². The second kappa shape index (κ2) is 9.89. The van der Waals surface area contributed by atoms with Crippen LogP contribution in [0.3, 0.4) is 0 Å². The summed E-state index contributed by atoms with van der Waals surface area (Å²) in [6.45, 7) is 6.56. The van der Waals surface area contributed by atoms with Crippen LogP contribution in [0.2, 0.25) is 5.02 Å². The van der Waals surface area contributed by atoms with Gasteiger partial charge in [0.1, 0.15) is 5.82 Å². The molecule has 160 valence electrons. The topological polar surface area (TPSA) is 71.0 Å². The number of hydrogen-bond donors (Lipinski definition) is 2. The zero-order valence-corrected chi connectivity index (χ0v) is 18.0. The monoisotopic (exact) mass is 429 g/mol. The van der Waals surface area contributed by atoms with Crippen molar-refractivity contribution >= 4 is 23.4 Å². The molecule has 1 aromatic heterocycles. The summed E-state index contributed by atoms with van der Waals surface area (Å²) in [7, 11) is 0. The first kappa shape index (κ1) is 20.6. The zero-order valence-electron chi connectivity index (χ0n) is 17.2. The number of guanidine groups is 1. The standard InChI is InChI=1S/C22H28ClN5O2/c1-2-24-22(26-14-16-6-7-19-20(13-16)30-12-4-11-29-19)27-17-8-10-28(15-17)21-18(23)5-3-9-25-21/h3,5-7,9,13,17H,2,4,8,10-12,14-15H2,1H3,(H2,24,26,27). The lowest BCUT2D eigenvalue weighted by Crippen LogP contribution is -2.44. The molecule has 0 amide bonds. The van der Waals surface area contributed by atoms with Gasteiger partial charge in [-0.05, 0) is 43.2 Å². The molecule has 7 nitrogen and oxygen atoms in total. The summed E-state index contributed by atoms with van der Waals surface area (Å²) in [6, 6.07) is 10.1. The number of rotatable bonds is 5. The predicted molar refractivity (Wildman–Crippen MR) is 120 cm³/mol. The molecule has 8 heteroatoms. The smallest absolute Gasteiger partial charge is 0.191 e. The van der Waals surface area contributed by atoms with Gasteiger partial charge in [-0.1, -0.05) is 17.7 Å². The number of fused-ring (bicyclic) bond motifs is 1. The Balaban J connectivity index is 1.39. The molecule has 2 aliphatic rings. The fourth-order valence-corrected chi connectivity index (χ4v) is 3.91. The summed E-state index contributed by atoms with van der Waals surface area (Å²) < 4.78 is 11.5. The molecule has 1 saturated heterocycles. The normalized spacial score (nSPS) is 18.8. The predicted octanol–water partition coefficient (Wildman–Crippen LogP) is 3.23. The third-order valence-corrected chi connectivity index (χ3v) is 5.44. The van der Waals surface area contributed by atoms with E-state index in [0.717, 1.165) is 61.3 Å². The van der Waals surface area contributed by atoms with Crippen LogP contribution in [0.15, 0.2) is 41.5 Å². The first-order valence-electron chi connectivity index (χ1n) is 10.5. The minimum atomic E-state index is 0.282. The number of halogens is 1. The van der Waals surface area contributed by atoms with Gasteiger partial charge in [0.05, 0.1) is 24.8 Å². The molecule has 1 unspecified atom stereocenters. The van der Waals surface area contributed by atoms with Gasteiger partial charge in [0.25, 0.3) is 0 Å². The lowest BCUT2D eigenvalue weighted by molar-refractivity contribution is 0.297. The van der Waals surface area contributed by atoms with E-state index in [1.54, 1.807) is 6.20 Å². The van der Waals surface area contributed by atoms with Crippen LogP contribution >= 0.6 is 11.6 Å². The molecule has 0 saturated carbocycles. The van der Waals surface area contributed by atoms with Crippen LogP contribution in [-0.2, 0) is 6.54 Å². The molecular weight excluding hydrogens is 402 g/mol. The second-order valence-electron chi connectivity index (χ2n) is 7.41. The number of benzene rings is 1. The van der Waals surface area contributed by atoms with Crippen molar-refractivity contribution in [3.63, 3.8) is 0 Å². The number of nitrogens with one attached hydrogen (secondary N) is 2. The van der Waals surface area contributed by atoms with E-state index in [-0.39, 0.29) is 6.04 Å². The largest absolute Gasteiger partial charge is 0.490 e. The SMILES string of the molecule is CCNC(=NCc1ccc2c(c1)OCCCO2)NC1CCN(c2ncccc2Cl)C1. The van der Waals surface area contributed by atoms with Gasteiger partial charge in [-0.2, -0.15) is 0 Å². The van der Waals surface area contributed by atoms with E-state index < -0.39 is 0 Å². The third-order valence-electron chi connectivity index (χ3n) is 5.14. The number of anilines is 1. The maximum absolute atomic E-state index is 6.31. The second-order valence-corrected chi connectivity index (χ2v) is 7.82. The van der Waals surface area contributed by atoms with Gasteiger partial charge in [0.15, 0.2) is 17.5 Å². The highest BCUT2D eigenvalue weighted by atomic mass is 35.5. The minimum absolute atomic E-state index is 0.282. The van der Waals surface area contributed by atoms with E-state index in [2.05, 4.69) is 27.4 Å².